The van der Waals surface area contributed by atoms with Gasteiger partial charge in [-0.3, -0.25) is 0 Å². The van der Waals surface area contributed by atoms with E-state index in [1.54, 1.807) is 29.2 Å². The standard InChI is InChI=1S/C21H23NO5/c1-26-20(24)17-9-7-16(8-10-17)19-13-18(23)11-12-22(19)21(25)27-14-15-5-3-2-4-6-15/h2-10,18-19,23H,11-14H2,1H3/t18?,19-/m0/s1. The Bertz CT molecular complexity index is 775. The van der Waals surface area contributed by atoms with Crippen molar-refractivity contribution in [2.45, 2.75) is 31.6 Å². The van der Waals surface area contributed by atoms with E-state index in [4.69, 9.17) is 9.47 Å². The smallest absolute Gasteiger partial charge is 0.410 e. The zero-order chi connectivity index (χ0) is 19.2. The molecule has 1 unspecified atom stereocenters. The summed E-state index contributed by atoms with van der Waals surface area (Å²) in [6, 6.07) is 16.1. The Balaban J connectivity index is 1.72. The fraction of sp³-hybridized carbons (Fsp3) is 0.333. The number of esters is 1. The highest BCUT2D eigenvalue weighted by atomic mass is 16.6. The van der Waals surface area contributed by atoms with Crippen LogP contribution in [0.25, 0.3) is 0 Å². The zero-order valence-corrected chi connectivity index (χ0v) is 15.2. The molecule has 1 amide bonds. The molecule has 0 bridgehead atoms. The molecule has 1 fully saturated rings. The molecule has 1 aliphatic rings. The van der Waals surface area contributed by atoms with E-state index in [-0.39, 0.29) is 12.6 Å². The third-order valence-electron chi connectivity index (χ3n) is 4.73. The van der Waals surface area contributed by atoms with Crippen LogP contribution in [-0.4, -0.2) is 41.8 Å². The number of benzene rings is 2. The number of methoxy groups -OCH3 is 1. The summed E-state index contributed by atoms with van der Waals surface area (Å²) in [5.74, 6) is -0.413. The molecular formula is C21H23NO5. The zero-order valence-electron chi connectivity index (χ0n) is 15.2. The molecule has 6 heteroatoms. The summed E-state index contributed by atoms with van der Waals surface area (Å²) >= 11 is 0. The molecule has 2 aromatic rings. The minimum atomic E-state index is -0.478. The SMILES string of the molecule is COC(=O)c1ccc([C@@H]2CC(O)CCN2C(=O)OCc2ccccc2)cc1. The molecule has 0 radical (unpaired) electrons. The molecule has 1 aliphatic heterocycles. The molecule has 1 saturated heterocycles. The second-order valence-corrected chi connectivity index (χ2v) is 6.54. The maximum atomic E-state index is 12.6. The number of likely N-dealkylation sites (tertiary alicyclic amines) is 1. The van der Waals surface area contributed by atoms with Gasteiger partial charge in [-0.15, -0.1) is 0 Å². The van der Waals surface area contributed by atoms with Crippen LogP contribution in [0.15, 0.2) is 54.6 Å². The minimum Gasteiger partial charge on any atom is -0.465 e. The largest absolute Gasteiger partial charge is 0.465 e. The maximum absolute atomic E-state index is 12.6. The summed E-state index contributed by atoms with van der Waals surface area (Å²) in [5.41, 5.74) is 2.20. The monoisotopic (exact) mass is 369 g/mol. The quantitative estimate of drug-likeness (QED) is 0.837. The van der Waals surface area contributed by atoms with Crippen LogP contribution in [0.4, 0.5) is 4.79 Å². The first-order valence-electron chi connectivity index (χ1n) is 8.92. The van der Waals surface area contributed by atoms with E-state index in [0.29, 0.717) is 24.9 Å². The van der Waals surface area contributed by atoms with Crippen LogP contribution >= 0.6 is 0 Å². The number of aliphatic hydroxyl groups is 1. The number of aliphatic hydroxyl groups excluding tert-OH is 1. The Labute approximate surface area is 158 Å². The normalized spacial score (nSPS) is 19.4. The molecule has 0 aliphatic carbocycles. The lowest BCUT2D eigenvalue weighted by atomic mass is 9.93. The van der Waals surface area contributed by atoms with Crippen LogP contribution in [-0.2, 0) is 16.1 Å². The van der Waals surface area contributed by atoms with Crippen LogP contribution in [0.1, 0.15) is 40.4 Å². The van der Waals surface area contributed by atoms with Crippen LogP contribution in [0.2, 0.25) is 0 Å². The molecule has 2 aromatic carbocycles. The fourth-order valence-corrected chi connectivity index (χ4v) is 3.24. The average Bonchev–Trinajstić information content (AvgIpc) is 2.72. The Morgan fingerprint density at radius 2 is 1.81 bits per heavy atom. The lowest BCUT2D eigenvalue weighted by Crippen LogP contribution is -2.42. The third kappa shape index (κ3) is 4.65. The Hall–Kier alpha value is -2.86. The number of piperidine rings is 1. The molecule has 142 valence electrons. The van der Waals surface area contributed by atoms with Crippen molar-refractivity contribution >= 4 is 12.1 Å². The average molecular weight is 369 g/mol. The van der Waals surface area contributed by atoms with Gasteiger partial charge in [0.25, 0.3) is 0 Å². The topological polar surface area (TPSA) is 76.1 Å². The Kier molecular flexibility index (Phi) is 6.08. The molecule has 0 spiro atoms. The second-order valence-electron chi connectivity index (χ2n) is 6.54. The van der Waals surface area contributed by atoms with Crippen molar-refractivity contribution in [3.05, 3.63) is 71.3 Å². The first-order chi connectivity index (χ1) is 13.1. The van der Waals surface area contributed by atoms with Gasteiger partial charge in [0.1, 0.15) is 6.61 Å². The highest BCUT2D eigenvalue weighted by molar-refractivity contribution is 5.89. The Morgan fingerprint density at radius 1 is 1.11 bits per heavy atom. The summed E-state index contributed by atoms with van der Waals surface area (Å²) in [7, 11) is 1.33. The van der Waals surface area contributed by atoms with Gasteiger partial charge >= 0.3 is 12.1 Å². The third-order valence-corrected chi connectivity index (χ3v) is 4.73. The second kappa shape index (κ2) is 8.68. The molecule has 2 atom stereocenters. The van der Waals surface area contributed by atoms with Crippen molar-refractivity contribution in [1.82, 2.24) is 4.90 Å². The van der Waals surface area contributed by atoms with Crippen molar-refractivity contribution in [2.24, 2.45) is 0 Å². The number of rotatable bonds is 4. The van der Waals surface area contributed by atoms with Crippen LogP contribution in [0.3, 0.4) is 0 Å². The molecule has 0 aromatic heterocycles. The number of hydrogen-bond donors (Lipinski definition) is 1. The first-order valence-corrected chi connectivity index (χ1v) is 8.92. The van der Waals surface area contributed by atoms with E-state index >= 15 is 0 Å². The van der Waals surface area contributed by atoms with Gasteiger partial charge in [0, 0.05) is 6.54 Å². The molecule has 1 N–H and O–H groups in total. The van der Waals surface area contributed by atoms with Crippen LogP contribution < -0.4 is 0 Å². The van der Waals surface area contributed by atoms with E-state index in [9.17, 15) is 14.7 Å². The van der Waals surface area contributed by atoms with Crippen LogP contribution in [0.5, 0.6) is 0 Å². The summed E-state index contributed by atoms with van der Waals surface area (Å²) < 4.78 is 10.2. The number of hydrogen-bond acceptors (Lipinski definition) is 5. The number of nitrogens with zero attached hydrogens (tertiary/aromatic N) is 1. The first kappa shape index (κ1) is 18.9. The molecule has 6 nitrogen and oxygen atoms in total. The molecule has 27 heavy (non-hydrogen) atoms. The number of amides is 1. The lowest BCUT2D eigenvalue weighted by Gasteiger charge is -2.37. The highest BCUT2D eigenvalue weighted by Crippen LogP contribution is 2.32. The summed E-state index contributed by atoms with van der Waals surface area (Å²) in [5, 5.41) is 10.1. The fourth-order valence-electron chi connectivity index (χ4n) is 3.24. The van der Waals surface area contributed by atoms with Gasteiger partial charge in [-0.1, -0.05) is 42.5 Å². The molecule has 1 heterocycles. The maximum Gasteiger partial charge on any atom is 0.410 e. The number of ether oxygens (including phenoxy) is 2. The number of carbonyl (C=O) groups excluding carboxylic acids is 2. The van der Waals surface area contributed by atoms with E-state index in [0.717, 1.165) is 11.1 Å². The van der Waals surface area contributed by atoms with Gasteiger partial charge in [-0.05, 0) is 36.1 Å². The van der Waals surface area contributed by atoms with Gasteiger partial charge in [-0.25, -0.2) is 9.59 Å². The van der Waals surface area contributed by atoms with E-state index < -0.39 is 18.2 Å². The van der Waals surface area contributed by atoms with Gasteiger partial charge < -0.3 is 19.5 Å². The van der Waals surface area contributed by atoms with Gasteiger partial charge in [0.15, 0.2) is 0 Å². The van der Waals surface area contributed by atoms with Crippen LogP contribution in [0, 0.1) is 0 Å². The predicted octanol–water partition coefficient (Wildman–Crippen LogP) is 3.31. The van der Waals surface area contributed by atoms with Gasteiger partial charge in [0.05, 0.1) is 24.8 Å². The molecule has 0 saturated carbocycles. The molecule has 3 rings (SSSR count). The van der Waals surface area contributed by atoms with Crippen molar-refractivity contribution in [2.75, 3.05) is 13.7 Å². The predicted molar refractivity (Wildman–Crippen MR) is 99.1 cm³/mol. The van der Waals surface area contributed by atoms with Crippen molar-refractivity contribution < 1.29 is 24.2 Å². The number of carbonyl (C=O) groups is 2. The van der Waals surface area contributed by atoms with E-state index in [1.165, 1.54) is 7.11 Å². The molecular weight excluding hydrogens is 346 g/mol. The minimum absolute atomic E-state index is 0.201. The van der Waals surface area contributed by atoms with E-state index in [1.807, 2.05) is 30.3 Å². The van der Waals surface area contributed by atoms with E-state index in [2.05, 4.69) is 0 Å². The van der Waals surface area contributed by atoms with Crippen molar-refractivity contribution in [3.8, 4) is 0 Å². The van der Waals surface area contributed by atoms with Gasteiger partial charge in [0.2, 0.25) is 0 Å². The highest BCUT2D eigenvalue weighted by Gasteiger charge is 2.33. The lowest BCUT2D eigenvalue weighted by molar-refractivity contribution is 0.0259. The summed E-state index contributed by atoms with van der Waals surface area (Å²) in [6.07, 6.45) is 0.0519. The summed E-state index contributed by atoms with van der Waals surface area (Å²) in [4.78, 5) is 25.9. The summed E-state index contributed by atoms with van der Waals surface area (Å²) in [6.45, 7) is 0.616. The van der Waals surface area contributed by atoms with Crippen molar-refractivity contribution in [3.63, 3.8) is 0 Å². The Morgan fingerprint density at radius 3 is 2.48 bits per heavy atom. The van der Waals surface area contributed by atoms with Crippen molar-refractivity contribution in [1.29, 1.82) is 0 Å². The van der Waals surface area contributed by atoms with Gasteiger partial charge in [-0.2, -0.15) is 0 Å².